The zero-order chi connectivity index (χ0) is 20.7. The quantitative estimate of drug-likeness (QED) is 0.341. The summed E-state index contributed by atoms with van der Waals surface area (Å²) < 4.78 is 0. The second kappa shape index (κ2) is 7.56. The molecule has 4 aromatic rings. The number of fused-ring (bicyclic) bond motifs is 1. The summed E-state index contributed by atoms with van der Waals surface area (Å²) in [6.45, 7) is 0. The first kappa shape index (κ1) is 18.8. The number of halogens is 2. The average molecular weight is 435 g/mol. The van der Waals surface area contributed by atoms with Gasteiger partial charge in [0.2, 0.25) is 0 Å². The van der Waals surface area contributed by atoms with Crippen LogP contribution in [0.2, 0.25) is 10.0 Å². The number of benzene rings is 4. The zero-order valence-electron chi connectivity index (χ0n) is 15.7. The highest BCUT2D eigenvalue weighted by atomic mass is 35.5. The van der Waals surface area contributed by atoms with Gasteiger partial charge < -0.3 is 4.84 Å². The van der Waals surface area contributed by atoms with Gasteiger partial charge in [0.05, 0.1) is 21.4 Å². The molecule has 6 heteroatoms. The van der Waals surface area contributed by atoms with E-state index in [1.807, 2.05) is 72.8 Å². The van der Waals surface area contributed by atoms with Crippen LogP contribution in [0.1, 0.15) is 11.7 Å². The van der Waals surface area contributed by atoms with E-state index in [2.05, 4.69) is 0 Å². The smallest absolute Gasteiger partial charge is 0.319 e. The van der Waals surface area contributed by atoms with E-state index in [-0.39, 0.29) is 0 Å². The van der Waals surface area contributed by atoms with E-state index in [0.29, 0.717) is 15.7 Å². The maximum Gasteiger partial charge on any atom is 0.440 e. The van der Waals surface area contributed by atoms with E-state index in [9.17, 15) is 4.79 Å². The van der Waals surface area contributed by atoms with Crippen molar-refractivity contribution in [3.63, 3.8) is 0 Å². The molecule has 30 heavy (non-hydrogen) atoms. The first-order chi connectivity index (χ1) is 14.6. The lowest BCUT2D eigenvalue weighted by molar-refractivity contribution is 0.164. The van der Waals surface area contributed by atoms with E-state index < -0.39 is 12.3 Å². The van der Waals surface area contributed by atoms with Gasteiger partial charge in [-0.3, -0.25) is 0 Å². The molecule has 0 aromatic heterocycles. The van der Waals surface area contributed by atoms with Crippen LogP contribution in [0.3, 0.4) is 0 Å². The van der Waals surface area contributed by atoms with Gasteiger partial charge in [-0.25, -0.2) is 9.69 Å². The number of carbonyl (C=O) groups is 1. The molecule has 0 bridgehead atoms. The van der Waals surface area contributed by atoms with Crippen molar-refractivity contribution in [3.05, 3.63) is 107 Å². The Morgan fingerprint density at radius 2 is 1.47 bits per heavy atom. The summed E-state index contributed by atoms with van der Waals surface area (Å²) >= 11 is 12.4. The highest BCUT2D eigenvalue weighted by Crippen LogP contribution is 2.42. The Hall–Kier alpha value is -3.21. The summed E-state index contributed by atoms with van der Waals surface area (Å²) in [5, 5.41) is 4.55. The summed E-state index contributed by atoms with van der Waals surface area (Å²) in [5.74, 6) is 0. The summed E-state index contributed by atoms with van der Waals surface area (Å²) in [6, 6.07) is 28.8. The standard InChI is InChI=1S/C24H16Cl2N2O2/c25-21-14-13-18(15-22(21)26)27-23(20-12-6-8-16-7-4-5-11-19(16)20)28(30-24(27)29)17-9-2-1-3-10-17/h1-15,23H/t23-/m0/s1. The maximum absolute atomic E-state index is 13.1. The van der Waals surface area contributed by atoms with Crippen LogP contribution in [0.4, 0.5) is 16.2 Å². The Bertz CT molecular complexity index is 1240. The van der Waals surface area contributed by atoms with Crippen LogP contribution in [0.25, 0.3) is 10.8 Å². The van der Waals surface area contributed by atoms with Gasteiger partial charge in [-0.1, -0.05) is 83.9 Å². The molecule has 148 valence electrons. The van der Waals surface area contributed by atoms with Crippen LogP contribution >= 0.6 is 23.2 Å². The monoisotopic (exact) mass is 434 g/mol. The lowest BCUT2D eigenvalue weighted by Gasteiger charge is -2.28. The molecule has 0 saturated carbocycles. The van der Waals surface area contributed by atoms with Crippen LogP contribution < -0.4 is 9.96 Å². The Labute approximate surface area is 183 Å². The summed E-state index contributed by atoms with van der Waals surface area (Å²) in [6.07, 6.45) is -1.02. The highest BCUT2D eigenvalue weighted by Gasteiger charge is 2.43. The third-order valence-corrected chi connectivity index (χ3v) is 5.87. The predicted molar refractivity (Wildman–Crippen MR) is 121 cm³/mol. The summed E-state index contributed by atoms with van der Waals surface area (Å²) in [4.78, 5) is 20.4. The van der Waals surface area contributed by atoms with Crippen LogP contribution in [0, 0.1) is 0 Å². The number of amides is 1. The molecule has 5 rings (SSSR count). The van der Waals surface area contributed by atoms with E-state index in [0.717, 1.165) is 22.0 Å². The van der Waals surface area contributed by atoms with Gasteiger partial charge in [-0.2, -0.15) is 5.06 Å². The first-order valence-electron chi connectivity index (χ1n) is 9.41. The molecule has 1 aliphatic heterocycles. The zero-order valence-corrected chi connectivity index (χ0v) is 17.2. The Kier molecular flexibility index (Phi) is 4.74. The normalized spacial score (nSPS) is 16.2. The van der Waals surface area contributed by atoms with Crippen molar-refractivity contribution in [1.82, 2.24) is 0 Å². The highest BCUT2D eigenvalue weighted by molar-refractivity contribution is 6.42. The Morgan fingerprint density at radius 1 is 0.733 bits per heavy atom. The van der Waals surface area contributed by atoms with Crippen molar-refractivity contribution in [2.24, 2.45) is 0 Å². The second-order valence-corrected chi connectivity index (χ2v) is 7.74. The van der Waals surface area contributed by atoms with Crippen LogP contribution in [-0.2, 0) is 4.84 Å². The number of nitrogens with zero attached hydrogens (tertiary/aromatic N) is 2. The third kappa shape index (κ3) is 3.15. The molecule has 1 atom stereocenters. The average Bonchev–Trinajstić information content (AvgIpc) is 3.13. The van der Waals surface area contributed by atoms with Gasteiger partial charge >= 0.3 is 6.09 Å². The van der Waals surface area contributed by atoms with Crippen molar-refractivity contribution < 1.29 is 9.63 Å². The fourth-order valence-electron chi connectivity index (χ4n) is 3.77. The van der Waals surface area contributed by atoms with Crippen molar-refractivity contribution >= 4 is 51.4 Å². The van der Waals surface area contributed by atoms with Crippen LogP contribution in [0.15, 0.2) is 91.0 Å². The fraction of sp³-hybridized carbons (Fsp3) is 0.0417. The minimum absolute atomic E-state index is 0.372. The Morgan fingerprint density at radius 3 is 2.27 bits per heavy atom. The van der Waals surface area contributed by atoms with Gasteiger partial charge in [0.15, 0.2) is 6.17 Å². The van der Waals surface area contributed by atoms with Gasteiger partial charge in [0, 0.05) is 5.56 Å². The second-order valence-electron chi connectivity index (χ2n) is 6.93. The van der Waals surface area contributed by atoms with Gasteiger partial charge in [-0.05, 0) is 41.1 Å². The Balaban J connectivity index is 1.73. The van der Waals surface area contributed by atoms with Crippen LogP contribution in [0.5, 0.6) is 0 Å². The van der Waals surface area contributed by atoms with E-state index in [1.165, 1.54) is 0 Å². The third-order valence-electron chi connectivity index (χ3n) is 5.13. The molecule has 0 radical (unpaired) electrons. The molecule has 4 nitrogen and oxygen atoms in total. The van der Waals surface area contributed by atoms with Gasteiger partial charge in [0.1, 0.15) is 0 Å². The minimum Gasteiger partial charge on any atom is -0.319 e. The van der Waals surface area contributed by atoms with Crippen molar-refractivity contribution in [2.45, 2.75) is 6.17 Å². The lowest BCUT2D eigenvalue weighted by atomic mass is 10.0. The molecule has 4 aromatic carbocycles. The largest absolute Gasteiger partial charge is 0.440 e. The number of hydrogen-bond donors (Lipinski definition) is 0. The first-order valence-corrected chi connectivity index (χ1v) is 10.2. The molecule has 0 aliphatic carbocycles. The van der Waals surface area contributed by atoms with Crippen molar-refractivity contribution in [1.29, 1.82) is 0 Å². The molecular weight excluding hydrogens is 419 g/mol. The van der Waals surface area contributed by atoms with Crippen LogP contribution in [-0.4, -0.2) is 6.09 Å². The molecule has 0 N–H and O–H groups in total. The van der Waals surface area contributed by atoms with E-state index in [4.69, 9.17) is 28.0 Å². The molecule has 0 spiro atoms. The number of carbonyl (C=O) groups excluding carboxylic acids is 1. The molecule has 1 amide bonds. The molecule has 1 saturated heterocycles. The predicted octanol–water partition coefficient (Wildman–Crippen LogP) is 7.22. The molecule has 1 aliphatic rings. The molecular formula is C24H16Cl2N2O2. The van der Waals surface area contributed by atoms with Gasteiger partial charge in [0.25, 0.3) is 0 Å². The summed E-state index contributed by atoms with van der Waals surface area (Å²) in [5.41, 5.74) is 2.31. The number of hydrogen-bond acceptors (Lipinski definition) is 3. The van der Waals surface area contributed by atoms with E-state index in [1.54, 1.807) is 28.2 Å². The number of rotatable bonds is 3. The lowest BCUT2D eigenvalue weighted by Crippen LogP contribution is -2.32. The topological polar surface area (TPSA) is 32.8 Å². The van der Waals surface area contributed by atoms with Crippen molar-refractivity contribution in [2.75, 3.05) is 9.96 Å². The maximum atomic E-state index is 13.1. The van der Waals surface area contributed by atoms with Crippen molar-refractivity contribution in [3.8, 4) is 0 Å². The molecule has 1 heterocycles. The summed E-state index contributed by atoms with van der Waals surface area (Å²) in [7, 11) is 0. The number of hydroxylamine groups is 1. The molecule has 0 unspecified atom stereocenters. The van der Waals surface area contributed by atoms with Gasteiger partial charge in [-0.15, -0.1) is 0 Å². The molecule has 1 fully saturated rings. The minimum atomic E-state index is -0.525. The number of anilines is 2. The SMILES string of the molecule is O=C1ON(c2ccccc2)[C@@H](c2cccc3ccccc23)N1c1ccc(Cl)c(Cl)c1. The number of para-hydroxylation sites is 1. The fourth-order valence-corrected chi connectivity index (χ4v) is 4.07. The van der Waals surface area contributed by atoms with E-state index >= 15 is 0 Å².